The second-order valence-corrected chi connectivity index (χ2v) is 7.53. The number of aryl methyl sites for hydroxylation is 1. The van der Waals surface area contributed by atoms with Gasteiger partial charge in [0.25, 0.3) is 0 Å². The Labute approximate surface area is 141 Å². The zero-order valence-electron chi connectivity index (χ0n) is 14.4. The Morgan fingerprint density at radius 3 is 2.65 bits per heavy atom. The molecule has 0 heterocycles. The SMILES string of the molecule is CC=CCCC1CCC(C2CCc3cc(C#N)ccc3C2)CC1. The first-order chi connectivity index (χ1) is 11.3. The molecule has 2 aliphatic carbocycles. The molecule has 1 fully saturated rings. The molecule has 0 aromatic heterocycles. The van der Waals surface area contributed by atoms with Gasteiger partial charge in [-0.3, -0.25) is 0 Å². The summed E-state index contributed by atoms with van der Waals surface area (Å²) in [5.74, 6) is 2.79. The minimum Gasteiger partial charge on any atom is -0.192 e. The number of rotatable bonds is 4. The van der Waals surface area contributed by atoms with Crippen LogP contribution in [0.25, 0.3) is 0 Å². The molecule has 0 radical (unpaired) electrons. The molecule has 0 aliphatic heterocycles. The summed E-state index contributed by atoms with van der Waals surface area (Å²) in [6, 6.07) is 8.60. The molecule has 122 valence electrons. The maximum Gasteiger partial charge on any atom is 0.0991 e. The van der Waals surface area contributed by atoms with E-state index in [0.29, 0.717) is 0 Å². The van der Waals surface area contributed by atoms with Gasteiger partial charge >= 0.3 is 0 Å². The zero-order chi connectivity index (χ0) is 16.1. The average molecular weight is 307 g/mol. The fourth-order valence-corrected chi connectivity index (χ4v) is 4.70. The molecule has 0 spiro atoms. The van der Waals surface area contributed by atoms with Crippen molar-refractivity contribution in [3.63, 3.8) is 0 Å². The Hall–Kier alpha value is -1.55. The van der Waals surface area contributed by atoms with Crippen LogP contribution >= 0.6 is 0 Å². The van der Waals surface area contributed by atoms with E-state index >= 15 is 0 Å². The summed E-state index contributed by atoms with van der Waals surface area (Å²) in [7, 11) is 0. The fraction of sp³-hybridized carbons (Fsp3) is 0.591. The molecule has 1 saturated carbocycles. The summed E-state index contributed by atoms with van der Waals surface area (Å²) in [6.45, 7) is 2.12. The van der Waals surface area contributed by atoms with Crippen molar-refractivity contribution in [2.45, 2.75) is 64.7 Å². The van der Waals surface area contributed by atoms with Crippen LogP contribution in [0, 0.1) is 29.1 Å². The Morgan fingerprint density at radius 1 is 1.09 bits per heavy atom. The predicted molar refractivity (Wildman–Crippen MR) is 96.2 cm³/mol. The molecule has 0 N–H and O–H groups in total. The molecule has 0 amide bonds. The van der Waals surface area contributed by atoms with Crippen LogP contribution in [0.3, 0.4) is 0 Å². The topological polar surface area (TPSA) is 23.8 Å². The molecule has 0 bridgehead atoms. The molecule has 1 aromatic rings. The lowest BCUT2D eigenvalue weighted by Gasteiger charge is -2.36. The average Bonchev–Trinajstić information content (AvgIpc) is 2.61. The first-order valence-corrected chi connectivity index (χ1v) is 9.43. The molecule has 1 aromatic carbocycles. The Bertz CT molecular complexity index is 584. The Morgan fingerprint density at radius 2 is 1.91 bits per heavy atom. The van der Waals surface area contributed by atoms with Gasteiger partial charge in [-0.2, -0.15) is 5.26 Å². The number of hydrogen-bond donors (Lipinski definition) is 0. The van der Waals surface area contributed by atoms with E-state index in [1.165, 1.54) is 68.9 Å². The van der Waals surface area contributed by atoms with Crippen LogP contribution in [0.1, 0.15) is 68.6 Å². The van der Waals surface area contributed by atoms with E-state index in [9.17, 15) is 0 Å². The highest BCUT2D eigenvalue weighted by atomic mass is 14.3. The van der Waals surface area contributed by atoms with Crippen molar-refractivity contribution in [2.24, 2.45) is 17.8 Å². The highest BCUT2D eigenvalue weighted by molar-refractivity contribution is 5.39. The number of benzene rings is 1. The number of nitrogens with zero attached hydrogens (tertiary/aromatic N) is 1. The van der Waals surface area contributed by atoms with Crippen LogP contribution in [0.2, 0.25) is 0 Å². The highest BCUT2D eigenvalue weighted by Gasteiger charge is 2.29. The summed E-state index contributed by atoms with van der Waals surface area (Å²) in [5, 5.41) is 9.04. The van der Waals surface area contributed by atoms with Crippen LogP contribution in [-0.4, -0.2) is 0 Å². The lowest BCUT2D eigenvalue weighted by atomic mass is 9.69. The molecule has 0 saturated heterocycles. The molecular formula is C22H29N. The zero-order valence-corrected chi connectivity index (χ0v) is 14.4. The third-order valence-electron chi connectivity index (χ3n) is 6.14. The summed E-state index contributed by atoms with van der Waals surface area (Å²) in [6.07, 6.45) is 16.7. The van der Waals surface area contributed by atoms with Gasteiger partial charge in [-0.05, 0) is 92.9 Å². The van der Waals surface area contributed by atoms with Crippen LogP contribution < -0.4 is 0 Å². The third-order valence-corrected chi connectivity index (χ3v) is 6.14. The first kappa shape index (κ1) is 16.3. The van der Waals surface area contributed by atoms with Gasteiger partial charge in [0.05, 0.1) is 11.6 Å². The Kier molecular flexibility index (Phi) is 5.55. The second kappa shape index (κ2) is 7.82. The summed E-state index contributed by atoms with van der Waals surface area (Å²) in [5.41, 5.74) is 3.76. The highest BCUT2D eigenvalue weighted by Crippen LogP contribution is 2.40. The van der Waals surface area contributed by atoms with Crippen molar-refractivity contribution < 1.29 is 0 Å². The standard InChI is InChI=1S/C22H29N/c1-2-3-4-5-17-6-9-19(10-7-17)21-13-12-20-14-18(16-23)8-11-22(20)15-21/h2-3,8,11,14,17,19,21H,4-7,9-10,12-13,15H2,1H3. The maximum atomic E-state index is 9.04. The van der Waals surface area contributed by atoms with Gasteiger partial charge in [-0.1, -0.05) is 31.1 Å². The van der Waals surface area contributed by atoms with Gasteiger partial charge in [0.1, 0.15) is 0 Å². The largest absolute Gasteiger partial charge is 0.192 e. The van der Waals surface area contributed by atoms with E-state index in [1.807, 2.05) is 6.07 Å². The van der Waals surface area contributed by atoms with E-state index in [-0.39, 0.29) is 0 Å². The van der Waals surface area contributed by atoms with Gasteiger partial charge in [-0.25, -0.2) is 0 Å². The number of nitriles is 1. The smallest absolute Gasteiger partial charge is 0.0991 e. The lowest BCUT2D eigenvalue weighted by Crippen LogP contribution is -2.26. The van der Waals surface area contributed by atoms with E-state index < -0.39 is 0 Å². The van der Waals surface area contributed by atoms with Crippen LogP contribution in [0.5, 0.6) is 0 Å². The van der Waals surface area contributed by atoms with Gasteiger partial charge in [0.2, 0.25) is 0 Å². The maximum absolute atomic E-state index is 9.04. The molecule has 1 heteroatoms. The summed E-state index contributed by atoms with van der Waals surface area (Å²) in [4.78, 5) is 0. The molecule has 1 unspecified atom stereocenters. The van der Waals surface area contributed by atoms with E-state index in [4.69, 9.17) is 5.26 Å². The normalized spacial score (nSPS) is 27.6. The van der Waals surface area contributed by atoms with Crippen LogP contribution in [-0.2, 0) is 12.8 Å². The monoisotopic (exact) mass is 307 g/mol. The van der Waals surface area contributed by atoms with E-state index in [0.717, 1.165) is 23.3 Å². The number of allylic oxidation sites excluding steroid dienone is 2. The van der Waals surface area contributed by atoms with Crippen molar-refractivity contribution in [1.82, 2.24) is 0 Å². The molecule has 23 heavy (non-hydrogen) atoms. The molecule has 1 nitrogen and oxygen atoms in total. The van der Waals surface area contributed by atoms with E-state index in [1.54, 1.807) is 0 Å². The van der Waals surface area contributed by atoms with Crippen molar-refractivity contribution in [3.8, 4) is 6.07 Å². The molecule has 2 aliphatic rings. The van der Waals surface area contributed by atoms with Crippen LogP contribution in [0.4, 0.5) is 0 Å². The second-order valence-electron chi connectivity index (χ2n) is 7.53. The minimum atomic E-state index is 0.823. The van der Waals surface area contributed by atoms with Gasteiger partial charge in [-0.15, -0.1) is 0 Å². The van der Waals surface area contributed by atoms with Crippen molar-refractivity contribution >= 4 is 0 Å². The van der Waals surface area contributed by atoms with Gasteiger partial charge < -0.3 is 0 Å². The molecule has 1 atom stereocenters. The number of fused-ring (bicyclic) bond motifs is 1. The van der Waals surface area contributed by atoms with Gasteiger partial charge in [0, 0.05) is 0 Å². The summed E-state index contributed by atoms with van der Waals surface area (Å²) < 4.78 is 0. The minimum absolute atomic E-state index is 0.823. The fourth-order valence-electron chi connectivity index (χ4n) is 4.70. The summed E-state index contributed by atoms with van der Waals surface area (Å²) >= 11 is 0. The Balaban J connectivity index is 1.53. The van der Waals surface area contributed by atoms with Crippen molar-refractivity contribution in [1.29, 1.82) is 5.26 Å². The first-order valence-electron chi connectivity index (χ1n) is 9.43. The van der Waals surface area contributed by atoms with Crippen molar-refractivity contribution in [2.75, 3.05) is 0 Å². The van der Waals surface area contributed by atoms with Gasteiger partial charge in [0.15, 0.2) is 0 Å². The molecule has 3 rings (SSSR count). The van der Waals surface area contributed by atoms with Crippen molar-refractivity contribution in [3.05, 3.63) is 47.0 Å². The quantitative estimate of drug-likeness (QED) is 0.642. The lowest BCUT2D eigenvalue weighted by molar-refractivity contribution is 0.185. The van der Waals surface area contributed by atoms with Crippen LogP contribution in [0.15, 0.2) is 30.4 Å². The molecular weight excluding hydrogens is 278 g/mol. The third kappa shape index (κ3) is 4.05. The number of hydrogen-bond acceptors (Lipinski definition) is 1. The predicted octanol–water partition coefficient (Wildman–Crippen LogP) is 5.83. The van der Waals surface area contributed by atoms with E-state index in [2.05, 4.69) is 37.3 Å².